The summed E-state index contributed by atoms with van der Waals surface area (Å²) in [6, 6.07) is 1.36. The van der Waals surface area contributed by atoms with Gasteiger partial charge in [0.2, 0.25) is 17.7 Å². The van der Waals surface area contributed by atoms with Crippen molar-refractivity contribution in [2.24, 2.45) is 5.73 Å². The highest BCUT2D eigenvalue weighted by molar-refractivity contribution is 7.80. The number of para-hydroxylation sites is 1. The van der Waals surface area contributed by atoms with Crippen molar-refractivity contribution in [2.45, 2.75) is 49.9 Å². The number of fused-ring (bicyclic) bond motifs is 1. The molecule has 38 heavy (non-hydrogen) atoms. The molecule has 0 aliphatic carbocycles. The van der Waals surface area contributed by atoms with Crippen LogP contribution in [0.5, 0.6) is 0 Å². The van der Waals surface area contributed by atoms with Gasteiger partial charge in [-0.05, 0) is 18.1 Å². The van der Waals surface area contributed by atoms with Crippen molar-refractivity contribution in [1.82, 2.24) is 20.9 Å². The van der Waals surface area contributed by atoms with Crippen molar-refractivity contribution in [3.63, 3.8) is 0 Å². The Morgan fingerprint density at radius 1 is 0.868 bits per heavy atom. The highest BCUT2D eigenvalue weighted by Gasteiger charge is 2.32. The number of aromatic nitrogens is 1. The van der Waals surface area contributed by atoms with Gasteiger partial charge in [0.15, 0.2) is 0 Å². The summed E-state index contributed by atoms with van der Waals surface area (Å²) in [6.45, 7) is 0. The van der Waals surface area contributed by atoms with Crippen LogP contribution in [0.1, 0.15) is 24.8 Å². The maximum Gasteiger partial charge on any atom is 0.326 e. The first kappa shape index (κ1) is 30.1. The van der Waals surface area contributed by atoms with Crippen molar-refractivity contribution in [3.05, 3.63) is 36.0 Å². The van der Waals surface area contributed by atoms with Crippen LogP contribution >= 0.6 is 12.6 Å². The Balaban J connectivity index is 2.33. The van der Waals surface area contributed by atoms with Gasteiger partial charge in [0.1, 0.15) is 18.1 Å². The molecule has 0 aliphatic rings. The second-order valence-electron chi connectivity index (χ2n) is 8.40. The number of benzene rings is 1. The molecule has 14 nitrogen and oxygen atoms in total. The van der Waals surface area contributed by atoms with E-state index in [4.69, 9.17) is 10.8 Å². The Labute approximate surface area is 221 Å². The van der Waals surface area contributed by atoms with Crippen molar-refractivity contribution in [2.75, 3.05) is 5.75 Å². The number of hydrogen-bond donors (Lipinski definition) is 9. The lowest BCUT2D eigenvalue weighted by Crippen LogP contribution is -2.58. The minimum atomic E-state index is -1.61. The second-order valence-corrected chi connectivity index (χ2v) is 8.77. The van der Waals surface area contributed by atoms with E-state index in [9.17, 15) is 39.0 Å². The smallest absolute Gasteiger partial charge is 0.326 e. The number of nitrogens with two attached hydrogens (primary N) is 1. The lowest BCUT2D eigenvalue weighted by molar-refractivity contribution is -0.144. The summed E-state index contributed by atoms with van der Waals surface area (Å²) in [6.07, 6.45) is -0.317. The molecule has 3 amide bonds. The summed E-state index contributed by atoms with van der Waals surface area (Å²) in [5.41, 5.74) is 6.90. The number of aromatic amines is 1. The van der Waals surface area contributed by atoms with Crippen LogP contribution < -0.4 is 21.7 Å². The Kier molecular flexibility index (Phi) is 11.1. The third kappa shape index (κ3) is 8.77. The zero-order chi connectivity index (χ0) is 28.4. The van der Waals surface area contributed by atoms with E-state index < -0.39 is 79.1 Å². The van der Waals surface area contributed by atoms with Crippen LogP contribution in [0.4, 0.5) is 0 Å². The Bertz CT molecular complexity index is 1200. The van der Waals surface area contributed by atoms with Gasteiger partial charge in [-0.25, -0.2) is 4.79 Å². The number of nitrogens with one attached hydrogen (secondary N) is 4. The van der Waals surface area contributed by atoms with Crippen LogP contribution in [-0.2, 0) is 35.2 Å². The fraction of sp³-hybridized carbons (Fsp3) is 0.391. The molecule has 15 heteroatoms. The molecule has 0 saturated heterocycles. The van der Waals surface area contributed by atoms with E-state index in [1.165, 1.54) is 0 Å². The van der Waals surface area contributed by atoms with E-state index in [1.807, 2.05) is 0 Å². The summed E-state index contributed by atoms with van der Waals surface area (Å²) in [5, 5.41) is 35.1. The maximum atomic E-state index is 13.1. The number of carboxylic acid groups (broad SMARTS) is 3. The molecule has 0 spiro atoms. The van der Waals surface area contributed by atoms with Gasteiger partial charge >= 0.3 is 17.9 Å². The van der Waals surface area contributed by atoms with Crippen molar-refractivity contribution in [1.29, 1.82) is 0 Å². The number of amides is 3. The molecular weight excluding hydrogens is 522 g/mol. The molecule has 1 aromatic heterocycles. The molecule has 0 aliphatic heterocycles. The number of aliphatic carboxylic acids is 3. The van der Waals surface area contributed by atoms with Gasteiger partial charge in [-0.2, -0.15) is 12.6 Å². The molecule has 0 saturated carbocycles. The van der Waals surface area contributed by atoms with Gasteiger partial charge in [0, 0.05) is 35.7 Å². The number of carboxylic acids is 3. The first-order valence-electron chi connectivity index (χ1n) is 11.4. The van der Waals surface area contributed by atoms with Crippen LogP contribution in [0.2, 0.25) is 0 Å². The highest BCUT2D eigenvalue weighted by atomic mass is 32.1. The average Bonchev–Trinajstić information content (AvgIpc) is 3.27. The third-order valence-electron chi connectivity index (χ3n) is 5.54. The molecule has 206 valence electrons. The third-order valence-corrected chi connectivity index (χ3v) is 5.93. The quantitative estimate of drug-likeness (QED) is 0.120. The van der Waals surface area contributed by atoms with Gasteiger partial charge in [-0.15, -0.1) is 0 Å². The lowest BCUT2D eigenvalue weighted by Gasteiger charge is -2.24. The van der Waals surface area contributed by atoms with Crippen LogP contribution in [0.3, 0.4) is 0 Å². The summed E-state index contributed by atoms with van der Waals surface area (Å²) in [4.78, 5) is 75.2. The summed E-state index contributed by atoms with van der Waals surface area (Å²) < 4.78 is 0. The van der Waals surface area contributed by atoms with E-state index in [1.54, 1.807) is 30.5 Å². The van der Waals surface area contributed by atoms with E-state index in [-0.39, 0.29) is 12.2 Å². The topological polar surface area (TPSA) is 241 Å². The van der Waals surface area contributed by atoms with E-state index in [0.29, 0.717) is 5.56 Å². The van der Waals surface area contributed by atoms with Crippen molar-refractivity contribution >= 4 is 59.2 Å². The predicted octanol–water partition coefficient (Wildman–Crippen LogP) is -1.15. The van der Waals surface area contributed by atoms with E-state index >= 15 is 0 Å². The molecule has 1 heterocycles. The number of carbonyl (C=O) groups excluding carboxylic acids is 3. The monoisotopic (exact) mass is 551 g/mol. The van der Waals surface area contributed by atoms with E-state index in [2.05, 4.69) is 33.6 Å². The number of H-pyrrole nitrogens is 1. The van der Waals surface area contributed by atoms with Crippen molar-refractivity contribution in [3.8, 4) is 0 Å². The summed E-state index contributed by atoms with van der Waals surface area (Å²) >= 11 is 3.89. The predicted molar refractivity (Wildman–Crippen MR) is 136 cm³/mol. The number of thiol groups is 1. The minimum absolute atomic E-state index is 0.0776. The first-order valence-corrected chi connectivity index (χ1v) is 12.0. The fourth-order valence-corrected chi connectivity index (χ4v) is 3.71. The molecule has 2 rings (SSSR count). The molecule has 2 aromatic rings. The van der Waals surface area contributed by atoms with Crippen LogP contribution in [0, 0.1) is 0 Å². The minimum Gasteiger partial charge on any atom is -0.481 e. The van der Waals surface area contributed by atoms with Gasteiger partial charge < -0.3 is 42.0 Å². The number of hydrogen-bond acceptors (Lipinski definition) is 8. The van der Waals surface area contributed by atoms with Gasteiger partial charge in [-0.3, -0.25) is 24.0 Å². The molecule has 4 atom stereocenters. The largest absolute Gasteiger partial charge is 0.481 e. The van der Waals surface area contributed by atoms with Crippen LogP contribution in [0.15, 0.2) is 30.5 Å². The van der Waals surface area contributed by atoms with Gasteiger partial charge in [0.25, 0.3) is 0 Å². The van der Waals surface area contributed by atoms with Crippen LogP contribution in [-0.4, -0.2) is 85.9 Å². The Morgan fingerprint density at radius 2 is 1.47 bits per heavy atom. The van der Waals surface area contributed by atoms with Gasteiger partial charge in [0.05, 0.1) is 12.5 Å². The summed E-state index contributed by atoms with van der Waals surface area (Å²) in [7, 11) is 0. The van der Waals surface area contributed by atoms with Crippen LogP contribution in [0.25, 0.3) is 10.9 Å². The second kappa shape index (κ2) is 14.0. The zero-order valence-corrected chi connectivity index (χ0v) is 20.9. The molecule has 0 radical (unpaired) electrons. The molecule has 0 bridgehead atoms. The maximum absolute atomic E-state index is 13.1. The molecule has 9 N–H and O–H groups in total. The Morgan fingerprint density at radius 3 is 2.08 bits per heavy atom. The average molecular weight is 552 g/mol. The molecule has 4 unspecified atom stereocenters. The first-order chi connectivity index (χ1) is 17.9. The fourth-order valence-electron chi connectivity index (χ4n) is 3.55. The normalized spacial score (nSPS) is 14.1. The zero-order valence-electron chi connectivity index (χ0n) is 20.0. The number of carbonyl (C=O) groups is 6. The van der Waals surface area contributed by atoms with Gasteiger partial charge in [-0.1, -0.05) is 18.2 Å². The lowest BCUT2D eigenvalue weighted by atomic mass is 10.0. The highest BCUT2D eigenvalue weighted by Crippen LogP contribution is 2.19. The summed E-state index contributed by atoms with van der Waals surface area (Å²) in [5.74, 6) is -7.04. The SMILES string of the molecule is NC(CS)C(=O)NC(CC(=O)O)C(=O)NC(Cc1c[nH]c2ccccc12)C(=O)NC(CCC(=O)O)C(=O)O. The molecular formula is C23H29N5O9S. The Hall–Kier alpha value is -4.11. The standard InChI is InChI=1S/C23H29N5O9S/c24-13(10-38)20(33)27-17(8-19(31)32)22(35)28-16(7-11-9-25-14-4-2-1-3-12(11)14)21(34)26-15(23(36)37)5-6-18(29)30/h1-4,9,13,15-17,25,38H,5-8,10,24H2,(H,26,34)(H,27,33)(H,28,35)(H,29,30)(H,31,32)(H,36,37). The van der Waals surface area contributed by atoms with Crippen molar-refractivity contribution < 1.29 is 44.1 Å². The molecule has 1 aromatic carbocycles. The number of rotatable bonds is 15. The van der Waals surface area contributed by atoms with E-state index in [0.717, 1.165) is 10.9 Å². The molecule has 0 fully saturated rings.